The fourth-order valence-electron chi connectivity index (χ4n) is 2.68. The van der Waals surface area contributed by atoms with Gasteiger partial charge in [-0.15, -0.1) is 0 Å². The molecule has 1 aliphatic rings. The molecule has 0 atom stereocenters. The molecule has 0 spiro atoms. The molecule has 1 aliphatic heterocycles. The van der Waals surface area contributed by atoms with Crippen LogP contribution in [0.1, 0.15) is 29.8 Å². The van der Waals surface area contributed by atoms with Gasteiger partial charge in [0.05, 0.1) is 11.2 Å². The van der Waals surface area contributed by atoms with Gasteiger partial charge in [-0.25, -0.2) is 0 Å². The summed E-state index contributed by atoms with van der Waals surface area (Å²) in [6.07, 6.45) is 0. The molecule has 1 aromatic rings. The van der Waals surface area contributed by atoms with Gasteiger partial charge >= 0.3 is 0 Å². The number of amides is 1. The van der Waals surface area contributed by atoms with E-state index in [1.165, 1.54) is 0 Å². The van der Waals surface area contributed by atoms with Gasteiger partial charge in [-0.1, -0.05) is 11.6 Å². The molecular weight excluding hydrogens is 266 g/mol. The smallest absolute Gasteiger partial charge is 0.256 e. The Kier molecular flexibility index (Phi) is 4.54. The van der Waals surface area contributed by atoms with Crippen molar-refractivity contribution < 1.29 is 9.90 Å². The Hall–Kier alpha value is -1.59. The normalized spacial score (nSPS) is 17.0. The molecule has 1 amide bonds. The lowest BCUT2D eigenvalue weighted by Gasteiger charge is -2.37. The van der Waals surface area contributed by atoms with E-state index in [9.17, 15) is 9.90 Å². The van der Waals surface area contributed by atoms with E-state index in [-0.39, 0.29) is 5.91 Å². The van der Waals surface area contributed by atoms with Crippen molar-refractivity contribution in [2.45, 2.75) is 26.4 Å². The number of nitrogens with zero attached hydrogens (tertiary/aromatic N) is 2. The number of anilines is 1. The number of hydrogen-bond donors (Lipinski definition) is 2. The van der Waals surface area contributed by atoms with E-state index in [0.717, 1.165) is 18.7 Å². The topological polar surface area (TPSA) is 69.8 Å². The summed E-state index contributed by atoms with van der Waals surface area (Å²) >= 11 is 0. The predicted octanol–water partition coefficient (Wildman–Crippen LogP) is 1.11. The minimum atomic E-state index is -0.701. The first-order valence-electron chi connectivity index (χ1n) is 7.36. The maximum atomic E-state index is 12.5. The molecule has 1 heterocycles. The van der Waals surface area contributed by atoms with E-state index >= 15 is 0 Å². The molecule has 0 aliphatic carbocycles. The van der Waals surface area contributed by atoms with Gasteiger partial charge < -0.3 is 15.7 Å². The van der Waals surface area contributed by atoms with E-state index in [0.29, 0.717) is 30.9 Å². The first-order valence-corrected chi connectivity index (χ1v) is 7.36. The van der Waals surface area contributed by atoms with Crippen LogP contribution in [0, 0.1) is 6.92 Å². The first kappa shape index (κ1) is 15.8. The molecule has 0 bridgehead atoms. The number of carbonyl (C=O) groups excluding carboxylic acids is 1. The molecule has 0 aromatic heterocycles. The molecule has 21 heavy (non-hydrogen) atoms. The fourth-order valence-corrected chi connectivity index (χ4v) is 2.68. The highest BCUT2D eigenvalue weighted by Gasteiger charge is 2.26. The van der Waals surface area contributed by atoms with Crippen LogP contribution >= 0.6 is 0 Å². The van der Waals surface area contributed by atoms with E-state index in [1.54, 1.807) is 19.9 Å². The summed E-state index contributed by atoms with van der Waals surface area (Å²) in [5, 5.41) is 9.85. The highest BCUT2D eigenvalue weighted by atomic mass is 16.3. The number of aryl methyl sites for hydroxylation is 1. The molecule has 5 nitrogen and oxygen atoms in total. The third-order valence-corrected chi connectivity index (χ3v) is 3.71. The quantitative estimate of drug-likeness (QED) is 0.818. The Morgan fingerprint density at radius 3 is 2.48 bits per heavy atom. The van der Waals surface area contributed by atoms with Crippen LogP contribution in [0.25, 0.3) is 0 Å². The maximum Gasteiger partial charge on any atom is 0.256 e. The number of hydrogen-bond acceptors (Lipinski definition) is 4. The summed E-state index contributed by atoms with van der Waals surface area (Å²) in [5.41, 5.74) is 7.37. The lowest BCUT2D eigenvalue weighted by Crippen LogP contribution is -2.52. The van der Waals surface area contributed by atoms with Crippen LogP contribution in [0.3, 0.4) is 0 Å². The zero-order chi connectivity index (χ0) is 15.6. The van der Waals surface area contributed by atoms with Gasteiger partial charge in [0.2, 0.25) is 0 Å². The molecule has 2 rings (SSSR count). The number of nitrogens with two attached hydrogens (primary N) is 1. The Morgan fingerprint density at radius 2 is 1.90 bits per heavy atom. The maximum absolute atomic E-state index is 12.5. The Bertz CT molecular complexity index is 515. The number of nitrogen functional groups attached to an aromatic ring is 1. The SMILES string of the molecule is Cc1ccc(N)c(C(=O)N2CCN(CC(C)(C)O)CC2)c1. The summed E-state index contributed by atoms with van der Waals surface area (Å²) in [6.45, 7) is 9.09. The largest absolute Gasteiger partial charge is 0.398 e. The molecule has 1 fully saturated rings. The molecule has 3 N–H and O–H groups in total. The van der Waals surface area contributed by atoms with Crippen LogP contribution in [0.2, 0.25) is 0 Å². The van der Waals surface area contributed by atoms with Crippen LogP contribution in [-0.2, 0) is 0 Å². The van der Waals surface area contributed by atoms with Crippen molar-refractivity contribution in [3.8, 4) is 0 Å². The molecule has 5 heteroatoms. The van der Waals surface area contributed by atoms with Crippen molar-refractivity contribution in [3.05, 3.63) is 29.3 Å². The molecule has 1 aromatic carbocycles. The third-order valence-electron chi connectivity index (χ3n) is 3.71. The first-order chi connectivity index (χ1) is 9.76. The third kappa shape index (κ3) is 4.19. The highest BCUT2D eigenvalue weighted by Crippen LogP contribution is 2.18. The van der Waals surface area contributed by atoms with Crippen molar-refractivity contribution in [1.82, 2.24) is 9.80 Å². The summed E-state index contributed by atoms with van der Waals surface area (Å²) in [5.74, 6) is -0.000825. The van der Waals surface area contributed by atoms with Crippen molar-refractivity contribution in [3.63, 3.8) is 0 Å². The average Bonchev–Trinajstić information content (AvgIpc) is 2.40. The second-order valence-electron chi connectivity index (χ2n) is 6.47. The summed E-state index contributed by atoms with van der Waals surface area (Å²) in [4.78, 5) is 16.6. The van der Waals surface area contributed by atoms with E-state index in [1.807, 2.05) is 24.0 Å². The van der Waals surface area contributed by atoms with E-state index in [4.69, 9.17) is 5.73 Å². The monoisotopic (exact) mass is 291 g/mol. The number of aliphatic hydroxyl groups is 1. The summed E-state index contributed by atoms with van der Waals surface area (Å²) in [7, 11) is 0. The molecular formula is C16H25N3O2. The van der Waals surface area contributed by atoms with Crippen LogP contribution < -0.4 is 5.73 Å². The number of carbonyl (C=O) groups is 1. The minimum absolute atomic E-state index is 0.000825. The molecule has 0 saturated carbocycles. The van der Waals surface area contributed by atoms with Crippen molar-refractivity contribution >= 4 is 11.6 Å². The lowest BCUT2D eigenvalue weighted by atomic mass is 10.1. The molecule has 1 saturated heterocycles. The van der Waals surface area contributed by atoms with Gasteiger partial charge in [0.25, 0.3) is 5.91 Å². The Labute approximate surface area is 126 Å². The number of β-amino-alcohol motifs (C(OH)–C–C–N with tert-alkyl or cyclic N) is 1. The Balaban J connectivity index is 1.99. The second-order valence-corrected chi connectivity index (χ2v) is 6.47. The van der Waals surface area contributed by atoms with Gasteiger partial charge in [-0.2, -0.15) is 0 Å². The van der Waals surface area contributed by atoms with Crippen LogP contribution in [0.15, 0.2) is 18.2 Å². The van der Waals surface area contributed by atoms with Gasteiger partial charge in [0.1, 0.15) is 0 Å². The van der Waals surface area contributed by atoms with Crippen LogP contribution in [0.5, 0.6) is 0 Å². The van der Waals surface area contributed by atoms with Crippen molar-refractivity contribution in [1.29, 1.82) is 0 Å². The average molecular weight is 291 g/mol. The fraction of sp³-hybridized carbons (Fsp3) is 0.562. The van der Waals surface area contributed by atoms with E-state index < -0.39 is 5.60 Å². The number of rotatable bonds is 3. The zero-order valence-corrected chi connectivity index (χ0v) is 13.1. The van der Waals surface area contributed by atoms with E-state index in [2.05, 4.69) is 4.90 Å². The van der Waals surface area contributed by atoms with Gasteiger partial charge in [0, 0.05) is 38.4 Å². The summed E-state index contributed by atoms with van der Waals surface area (Å²) < 4.78 is 0. The highest BCUT2D eigenvalue weighted by molar-refractivity contribution is 5.99. The predicted molar refractivity (Wildman–Crippen MR) is 84.2 cm³/mol. The zero-order valence-electron chi connectivity index (χ0n) is 13.1. The lowest BCUT2D eigenvalue weighted by molar-refractivity contribution is 0.0179. The standard InChI is InChI=1S/C16H25N3O2/c1-12-4-5-14(17)13(10-12)15(20)19-8-6-18(7-9-19)11-16(2,3)21/h4-5,10,21H,6-9,11,17H2,1-3H3. The summed E-state index contributed by atoms with van der Waals surface area (Å²) in [6, 6.07) is 5.54. The molecule has 0 unspecified atom stereocenters. The van der Waals surface area contributed by atoms with Gasteiger partial charge in [-0.3, -0.25) is 9.69 Å². The van der Waals surface area contributed by atoms with Gasteiger partial charge in [0.15, 0.2) is 0 Å². The van der Waals surface area contributed by atoms with Gasteiger partial charge in [-0.05, 0) is 32.9 Å². The number of piperazine rings is 1. The van der Waals surface area contributed by atoms with Crippen LogP contribution in [-0.4, -0.2) is 59.1 Å². The number of benzene rings is 1. The van der Waals surface area contributed by atoms with Crippen molar-refractivity contribution in [2.75, 3.05) is 38.5 Å². The van der Waals surface area contributed by atoms with Crippen LogP contribution in [0.4, 0.5) is 5.69 Å². The minimum Gasteiger partial charge on any atom is -0.398 e. The Morgan fingerprint density at radius 1 is 1.29 bits per heavy atom. The molecule has 116 valence electrons. The molecule has 0 radical (unpaired) electrons. The second kappa shape index (κ2) is 6.03. The van der Waals surface area contributed by atoms with Crippen molar-refractivity contribution in [2.24, 2.45) is 0 Å².